The highest BCUT2D eigenvalue weighted by Gasteiger charge is 2.30. The van der Waals surface area contributed by atoms with E-state index in [9.17, 15) is 9.59 Å². The molecule has 25 heavy (non-hydrogen) atoms. The Hall–Kier alpha value is -2.41. The van der Waals surface area contributed by atoms with Crippen molar-refractivity contribution in [3.63, 3.8) is 0 Å². The van der Waals surface area contributed by atoms with Gasteiger partial charge < -0.3 is 14.4 Å². The molecule has 130 valence electrons. The first-order chi connectivity index (χ1) is 12.1. The molecular weight excluding hydrogens is 388 g/mol. The molecule has 1 atom stereocenters. The van der Waals surface area contributed by atoms with E-state index in [2.05, 4.69) is 20.9 Å². The van der Waals surface area contributed by atoms with Crippen molar-refractivity contribution < 1.29 is 19.1 Å². The molecule has 1 fully saturated rings. The highest BCUT2D eigenvalue weighted by Crippen LogP contribution is 2.21. The predicted octanol–water partition coefficient (Wildman–Crippen LogP) is 2.92. The van der Waals surface area contributed by atoms with Gasteiger partial charge in [-0.2, -0.15) is 0 Å². The van der Waals surface area contributed by atoms with Crippen LogP contribution in [0.2, 0.25) is 0 Å². The molecule has 0 spiro atoms. The number of carbonyl (C=O) groups excluding carboxylic acids is 2. The lowest BCUT2D eigenvalue weighted by molar-refractivity contribution is 0.0591. The average Bonchev–Trinajstić information content (AvgIpc) is 3.11. The third-order valence-corrected chi connectivity index (χ3v) is 4.45. The smallest absolute Gasteiger partial charge is 0.338 e. The van der Waals surface area contributed by atoms with Gasteiger partial charge in [0.2, 0.25) is 5.88 Å². The number of methoxy groups -OCH3 is 1. The van der Waals surface area contributed by atoms with Crippen molar-refractivity contribution in [1.29, 1.82) is 0 Å². The third kappa shape index (κ3) is 3.99. The molecule has 6 nitrogen and oxygen atoms in total. The van der Waals surface area contributed by atoms with Crippen LogP contribution in [0.1, 0.15) is 27.1 Å². The molecule has 0 bridgehead atoms. The number of ether oxygens (including phenoxy) is 2. The van der Waals surface area contributed by atoms with E-state index >= 15 is 0 Å². The SMILES string of the molecule is COC(=O)c1ccccc1C(=O)N1CC[C@@H](Oc2ccc(Br)cn2)C1. The maximum atomic E-state index is 12.8. The largest absolute Gasteiger partial charge is 0.472 e. The van der Waals surface area contributed by atoms with E-state index in [1.54, 1.807) is 41.4 Å². The number of carbonyl (C=O) groups is 2. The molecule has 0 saturated carbocycles. The van der Waals surface area contributed by atoms with Crippen LogP contribution in [-0.4, -0.2) is 48.1 Å². The van der Waals surface area contributed by atoms with Gasteiger partial charge in [-0.05, 0) is 34.1 Å². The normalized spacial score (nSPS) is 16.6. The van der Waals surface area contributed by atoms with Crippen LogP contribution in [0.3, 0.4) is 0 Å². The van der Waals surface area contributed by atoms with E-state index in [0.717, 1.165) is 4.47 Å². The maximum absolute atomic E-state index is 12.8. The Balaban J connectivity index is 1.69. The van der Waals surface area contributed by atoms with Crippen molar-refractivity contribution in [2.24, 2.45) is 0 Å². The van der Waals surface area contributed by atoms with Crippen LogP contribution < -0.4 is 4.74 Å². The van der Waals surface area contributed by atoms with Gasteiger partial charge >= 0.3 is 5.97 Å². The second-order valence-electron chi connectivity index (χ2n) is 5.63. The summed E-state index contributed by atoms with van der Waals surface area (Å²) >= 11 is 3.33. The van der Waals surface area contributed by atoms with Crippen LogP contribution in [0.15, 0.2) is 47.1 Å². The summed E-state index contributed by atoms with van der Waals surface area (Å²) in [4.78, 5) is 30.5. The first kappa shape index (κ1) is 17.4. The summed E-state index contributed by atoms with van der Waals surface area (Å²) in [6.07, 6.45) is 2.26. The van der Waals surface area contributed by atoms with Crippen molar-refractivity contribution in [2.75, 3.05) is 20.2 Å². The molecule has 1 aliphatic heterocycles. The molecule has 1 aliphatic rings. The Bertz CT molecular complexity index is 779. The zero-order valence-electron chi connectivity index (χ0n) is 13.6. The minimum Gasteiger partial charge on any atom is -0.472 e. The minimum absolute atomic E-state index is 0.122. The van der Waals surface area contributed by atoms with E-state index in [1.165, 1.54) is 7.11 Å². The van der Waals surface area contributed by atoms with Gasteiger partial charge in [0.05, 0.1) is 24.8 Å². The lowest BCUT2D eigenvalue weighted by Gasteiger charge is -2.18. The zero-order valence-corrected chi connectivity index (χ0v) is 15.2. The molecule has 3 rings (SSSR count). The van der Waals surface area contributed by atoms with Gasteiger partial charge in [0, 0.05) is 29.7 Å². The van der Waals surface area contributed by atoms with E-state index in [4.69, 9.17) is 9.47 Å². The standard InChI is InChI=1S/C18H17BrN2O4/c1-24-18(23)15-5-3-2-4-14(15)17(22)21-9-8-13(11-21)25-16-7-6-12(19)10-20-16/h2-7,10,13H,8-9,11H2,1H3/t13-/m1/s1. The van der Waals surface area contributed by atoms with E-state index in [1.807, 2.05) is 6.07 Å². The van der Waals surface area contributed by atoms with Crippen molar-refractivity contribution >= 4 is 27.8 Å². The third-order valence-electron chi connectivity index (χ3n) is 3.98. The lowest BCUT2D eigenvalue weighted by atomic mass is 10.1. The van der Waals surface area contributed by atoms with Gasteiger partial charge in [0.15, 0.2) is 0 Å². The van der Waals surface area contributed by atoms with Crippen LogP contribution >= 0.6 is 15.9 Å². The highest BCUT2D eigenvalue weighted by molar-refractivity contribution is 9.10. The Morgan fingerprint density at radius 1 is 1.20 bits per heavy atom. The minimum atomic E-state index is -0.519. The van der Waals surface area contributed by atoms with Gasteiger partial charge in [-0.25, -0.2) is 9.78 Å². The molecule has 2 heterocycles. The zero-order chi connectivity index (χ0) is 17.8. The van der Waals surface area contributed by atoms with Gasteiger partial charge in [-0.3, -0.25) is 4.79 Å². The second kappa shape index (κ2) is 7.65. The lowest BCUT2D eigenvalue weighted by Crippen LogP contribution is -2.32. The topological polar surface area (TPSA) is 68.7 Å². The molecule has 1 saturated heterocycles. The summed E-state index contributed by atoms with van der Waals surface area (Å²) in [5.41, 5.74) is 0.616. The second-order valence-corrected chi connectivity index (χ2v) is 6.55. The van der Waals surface area contributed by atoms with Crippen LogP contribution in [-0.2, 0) is 4.74 Å². The number of hydrogen-bond acceptors (Lipinski definition) is 5. The molecule has 7 heteroatoms. The molecule has 0 unspecified atom stereocenters. The molecule has 1 aromatic heterocycles. The molecule has 1 amide bonds. The molecule has 2 aromatic rings. The summed E-state index contributed by atoms with van der Waals surface area (Å²) in [6, 6.07) is 10.3. The van der Waals surface area contributed by atoms with E-state index in [-0.39, 0.29) is 17.6 Å². The number of esters is 1. The Kier molecular flexibility index (Phi) is 5.33. The molecule has 0 N–H and O–H groups in total. The number of aromatic nitrogens is 1. The number of benzene rings is 1. The quantitative estimate of drug-likeness (QED) is 0.732. The number of pyridine rings is 1. The molecule has 0 aliphatic carbocycles. The first-order valence-corrected chi connectivity index (χ1v) is 8.62. The van der Waals surface area contributed by atoms with E-state index in [0.29, 0.717) is 31.0 Å². The summed E-state index contributed by atoms with van der Waals surface area (Å²) in [5, 5.41) is 0. The van der Waals surface area contributed by atoms with Crippen LogP contribution in [0.4, 0.5) is 0 Å². The van der Waals surface area contributed by atoms with Gasteiger partial charge in [0.25, 0.3) is 5.91 Å². The number of nitrogens with zero attached hydrogens (tertiary/aromatic N) is 2. The van der Waals surface area contributed by atoms with Gasteiger partial charge in [-0.1, -0.05) is 12.1 Å². The van der Waals surface area contributed by atoms with Crippen LogP contribution in [0.25, 0.3) is 0 Å². The van der Waals surface area contributed by atoms with Crippen LogP contribution in [0, 0.1) is 0 Å². The predicted molar refractivity (Wildman–Crippen MR) is 94.7 cm³/mol. The summed E-state index contributed by atoms with van der Waals surface area (Å²) in [7, 11) is 1.30. The fourth-order valence-corrected chi connectivity index (χ4v) is 2.97. The molecule has 0 radical (unpaired) electrons. The number of hydrogen-bond donors (Lipinski definition) is 0. The number of likely N-dealkylation sites (tertiary alicyclic amines) is 1. The molecule has 1 aromatic carbocycles. The monoisotopic (exact) mass is 404 g/mol. The van der Waals surface area contributed by atoms with E-state index < -0.39 is 5.97 Å². The average molecular weight is 405 g/mol. The highest BCUT2D eigenvalue weighted by atomic mass is 79.9. The Morgan fingerprint density at radius 2 is 1.96 bits per heavy atom. The summed E-state index contributed by atoms with van der Waals surface area (Å²) in [5.74, 6) is -0.191. The van der Waals surface area contributed by atoms with Gasteiger partial charge in [-0.15, -0.1) is 0 Å². The number of rotatable bonds is 4. The summed E-state index contributed by atoms with van der Waals surface area (Å²) in [6.45, 7) is 1.02. The summed E-state index contributed by atoms with van der Waals surface area (Å²) < 4.78 is 11.5. The Morgan fingerprint density at radius 3 is 2.64 bits per heavy atom. The van der Waals surface area contributed by atoms with Crippen LogP contribution in [0.5, 0.6) is 5.88 Å². The molecular formula is C18H17BrN2O4. The van der Waals surface area contributed by atoms with Crippen molar-refractivity contribution in [1.82, 2.24) is 9.88 Å². The van der Waals surface area contributed by atoms with Gasteiger partial charge in [0.1, 0.15) is 6.10 Å². The first-order valence-electron chi connectivity index (χ1n) is 7.83. The van der Waals surface area contributed by atoms with Crippen molar-refractivity contribution in [3.05, 3.63) is 58.2 Å². The van der Waals surface area contributed by atoms with Crippen molar-refractivity contribution in [2.45, 2.75) is 12.5 Å². The number of halogens is 1. The number of amides is 1. The fraction of sp³-hybridized carbons (Fsp3) is 0.278. The maximum Gasteiger partial charge on any atom is 0.338 e. The van der Waals surface area contributed by atoms with Crippen molar-refractivity contribution in [3.8, 4) is 5.88 Å². The Labute approximate surface area is 153 Å². The fourth-order valence-electron chi connectivity index (χ4n) is 2.74.